The second-order valence-corrected chi connectivity index (χ2v) is 6.22. The molecule has 2 aromatic heterocycles. The van der Waals surface area contributed by atoms with Crippen molar-refractivity contribution in [1.82, 2.24) is 20.8 Å². The summed E-state index contributed by atoms with van der Waals surface area (Å²) in [5, 5.41) is 13.1. The quantitative estimate of drug-likeness (QED) is 0.567. The van der Waals surface area contributed by atoms with Crippen LogP contribution in [0.4, 0.5) is 4.39 Å². The van der Waals surface area contributed by atoms with Crippen LogP contribution in [0.1, 0.15) is 22.0 Å². The third-order valence-electron chi connectivity index (χ3n) is 3.32. The highest BCUT2D eigenvalue weighted by Gasteiger charge is 2.12. The molecule has 0 radical (unpaired) electrons. The molecule has 27 heavy (non-hydrogen) atoms. The van der Waals surface area contributed by atoms with Gasteiger partial charge in [0.15, 0.2) is 0 Å². The monoisotopic (exact) mass is 390 g/mol. The summed E-state index contributed by atoms with van der Waals surface area (Å²) >= 11 is 1.08. The molecular formula is C17H15FN4O4S. The summed E-state index contributed by atoms with van der Waals surface area (Å²) in [7, 11) is 0. The van der Waals surface area contributed by atoms with Crippen LogP contribution in [0, 0.1) is 5.82 Å². The Balaban J connectivity index is 1.40. The van der Waals surface area contributed by atoms with Crippen LogP contribution < -0.4 is 10.6 Å². The van der Waals surface area contributed by atoms with E-state index in [2.05, 4.69) is 20.8 Å². The van der Waals surface area contributed by atoms with Gasteiger partial charge in [0.25, 0.3) is 11.1 Å². The Morgan fingerprint density at radius 1 is 1.07 bits per heavy atom. The Labute approximate surface area is 157 Å². The van der Waals surface area contributed by atoms with Gasteiger partial charge in [-0.3, -0.25) is 9.59 Å². The maximum atomic E-state index is 12.9. The minimum Gasteiger partial charge on any atom is -0.467 e. The van der Waals surface area contributed by atoms with Crippen molar-refractivity contribution in [2.45, 2.75) is 18.3 Å². The number of hydrogen-bond acceptors (Lipinski definition) is 7. The molecule has 0 unspecified atom stereocenters. The molecule has 3 rings (SSSR count). The van der Waals surface area contributed by atoms with Crippen molar-refractivity contribution in [1.29, 1.82) is 0 Å². The predicted octanol–water partition coefficient (Wildman–Crippen LogP) is 2.14. The minimum atomic E-state index is -0.418. The Morgan fingerprint density at radius 3 is 2.63 bits per heavy atom. The molecule has 0 aliphatic rings. The Kier molecular flexibility index (Phi) is 6.21. The Hall–Kier alpha value is -3.14. The second-order valence-electron chi connectivity index (χ2n) is 5.30. The summed E-state index contributed by atoms with van der Waals surface area (Å²) < 4.78 is 23.3. The number of carbonyl (C=O) groups is 2. The van der Waals surface area contributed by atoms with Gasteiger partial charge >= 0.3 is 0 Å². The molecule has 0 saturated carbocycles. The number of benzene rings is 1. The second kappa shape index (κ2) is 8.99. The fraction of sp³-hybridized carbons (Fsp3) is 0.176. The van der Waals surface area contributed by atoms with Crippen molar-refractivity contribution in [3.8, 4) is 0 Å². The molecule has 1 aromatic carbocycles. The molecule has 2 amide bonds. The summed E-state index contributed by atoms with van der Waals surface area (Å²) in [6.45, 7) is 0.325. The lowest BCUT2D eigenvalue weighted by Crippen LogP contribution is -2.24. The average molecular weight is 390 g/mol. The van der Waals surface area contributed by atoms with Gasteiger partial charge in [-0.2, -0.15) is 0 Å². The Morgan fingerprint density at radius 2 is 1.89 bits per heavy atom. The first-order valence-corrected chi connectivity index (χ1v) is 8.87. The maximum Gasteiger partial charge on any atom is 0.277 e. The van der Waals surface area contributed by atoms with Crippen molar-refractivity contribution >= 4 is 23.6 Å². The number of rotatable bonds is 8. The maximum absolute atomic E-state index is 12.9. The highest BCUT2D eigenvalue weighted by atomic mass is 32.2. The molecule has 2 N–H and O–H groups in total. The van der Waals surface area contributed by atoms with Crippen LogP contribution in [0.5, 0.6) is 0 Å². The summed E-state index contributed by atoms with van der Waals surface area (Å²) in [6.07, 6.45) is 1.53. The number of halogens is 1. The summed E-state index contributed by atoms with van der Waals surface area (Å²) in [4.78, 5) is 23.7. The SMILES string of the molecule is O=C(CSc1nnc(CNC(=O)c2ccc(F)cc2)o1)NCc1ccco1. The molecule has 3 aromatic rings. The van der Waals surface area contributed by atoms with E-state index in [1.54, 1.807) is 12.1 Å². The zero-order valence-electron chi connectivity index (χ0n) is 14.0. The average Bonchev–Trinajstić information content (AvgIpc) is 3.35. The van der Waals surface area contributed by atoms with E-state index >= 15 is 0 Å². The van der Waals surface area contributed by atoms with E-state index in [1.807, 2.05) is 0 Å². The van der Waals surface area contributed by atoms with E-state index in [4.69, 9.17) is 8.83 Å². The summed E-state index contributed by atoms with van der Waals surface area (Å²) in [5.41, 5.74) is 0.318. The van der Waals surface area contributed by atoms with Crippen molar-refractivity contribution in [2.75, 3.05) is 5.75 Å². The van der Waals surface area contributed by atoms with Crippen molar-refractivity contribution in [2.24, 2.45) is 0 Å². The summed E-state index contributed by atoms with van der Waals surface area (Å²) in [6, 6.07) is 8.66. The van der Waals surface area contributed by atoms with Gasteiger partial charge in [0.05, 0.1) is 25.1 Å². The van der Waals surface area contributed by atoms with Crippen molar-refractivity contribution < 1.29 is 22.8 Å². The molecule has 0 bridgehead atoms. The minimum absolute atomic E-state index is 0.0223. The lowest BCUT2D eigenvalue weighted by atomic mass is 10.2. The van der Waals surface area contributed by atoms with Crippen LogP contribution in [0.3, 0.4) is 0 Å². The molecule has 0 spiro atoms. The zero-order valence-corrected chi connectivity index (χ0v) is 14.8. The van der Waals surface area contributed by atoms with E-state index in [0.29, 0.717) is 17.9 Å². The molecule has 140 valence electrons. The molecule has 0 fully saturated rings. The molecule has 0 saturated heterocycles. The number of nitrogens with one attached hydrogen (secondary N) is 2. The van der Waals surface area contributed by atoms with E-state index in [9.17, 15) is 14.0 Å². The van der Waals surface area contributed by atoms with Gasteiger partial charge in [0, 0.05) is 5.56 Å². The first-order valence-electron chi connectivity index (χ1n) is 7.88. The van der Waals surface area contributed by atoms with Crippen molar-refractivity contribution in [3.05, 3.63) is 65.7 Å². The number of amides is 2. The number of aromatic nitrogens is 2. The highest BCUT2D eigenvalue weighted by Crippen LogP contribution is 2.15. The molecule has 0 atom stereocenters. The number of carbonyl (C=O) groups excluding carboxylic acids is 2. The predicted molar refractivity (Wildman–Crippen MR) is 93.1 cm³/mol. The fourth-order valence-corrected chi connectivity index (χ4v) is 2.61. The van der Waals surface area contributed by atoms with E-state index in [1.165, 1.54) is 30.5 Å². The van der Waals surface area contributed by atoms with Crippen molar-refractivity contribution in [3.63, 3.8) is 0 Å². The Bertz CT molecular complexity index is 896. The first kappa shape index (κ1) is 18.6. The largest absolute Gasteiger partial charge is 0.467 e. The highest BCUT2D eigenvalue weighted by molar-refractivity contribution is 7.99. The van der Waals surface area contributed by atoms with Gasteiger partial charge in [-0.15, -0.1) is 10.2 Å². The number of thioether (sulfide) groups is 1. The van der Waals surface area contributed by atoms with Crippen LogP contribution in [0.25, 0.3) is 0 Å². The third kappa shape index (κ3) is 5.68. The van der Waals surface area contributed by atoms with Gasteiger partial charge in [-0.25, -0.2) is 4.39 Å². The lowest BCUT2D eigenvalue weighted by molar-refractivity contribution is -0.118. The third-order valence-corrected chi connectivity index (χ3v) is 4.14. The van der Waals surface area contributed by atoms with E-state index in [-0.39, 0.29) is 35.2 Å². The van der Waals surface area contributed by atoms with Crippen LogP contribution in [0.15, 0.2) is 56.7 Å². The number of furan rings is 1. The normalized spacial score (nSPS) is 10.6. The molecule has 0 aliphatic heterocycles. The van der Waals surface area contributed by atoms with E-state index < -0.39 is 5.82 Å². The first-order chi connectivity index (χ1) is 13.1. The molecular weight excluding hydrogens is 375 g/mol. The number of hydrogen-bond donors (Lipinski definition) is 2. The van der Waals surface area contributed by atoms with Gasteiger partial charge in [-0.1, -0.05) is 11.8 Å². The topological polar surface area (TPSA) is 110 Å². The number of nitrogens with zero attached hydrogens (tertiary/aromatic N) is 2. The molecule has 0 aliphatic carbocycles. The fourth-order valence-electron chi connectivity index (χ4n) is 2.00. The standard InChI is InChI=1S/C17H15FN4O4S/c18-12-5-3-11(4-6-12)16(24)20-9-15-21-22-17(26-15)27-10-14(23)19-8-13-2-1-7-25-13/h1-7H,8-10H2,(H,19,23)(H,20,24). The van der Waals surface area contributed by atoms with Gasteiger partial charge in [0.2, 0.25) is 11.8 Å². The van der Waals surface area contributed by atoms with Crippen LogP contribution in [0.2, 0.25) is 0 Å². The van der Waals surface area contributed by atoms with E-state index in [0.717, 1.165) is 11.8 Å². The van der Waals surface area contributed by atoms with Crippen LogP contribution in [-0.2, 0) is 17.9 Å². The smallest absolute Gasteiger partial charge is 0.277 e. The zero-order chi connectivity index (χ0) is 19.1. The van der Waals surface area contributed by atoms with Gasteiger partial charge in [-0.05, 0) is 36.4 Å². The van der Waals surface area contributed by atoms with Crippen LogP contribution in [-0.4, -0.2) is 27.8 Å². The molecule has 8 nitrogen and oxygen atoms in total. The van der Waals surface area contributed by atoms with Gasteiger partial charge in [0.1, 0.15) is 11.6 Å². The molecule has 10 heteroatoms. The molecule has 2 heterocycles. The lowest BCUT2D eigenvalue weighted by Gasteiger charge is -2.02. The van der Waals surface area contributed by atoms with Gasteiger partial charge < -0.3 is 19.5 Å². The van der Waals surface area contributed by atoms with Crippen LogP contribution >= 0.6 is 11.8 Å². The summed E-state index contributed by atoms with van der Waals surface area (Å²) in [5.74, 6) is -0.0577.